The van der Waals surface area contributed by atoms with E-state index in [-0.39, 0.29) is 5.91 Å². The van der Waals surface area contributed by atoms with Crippen LogP contribution in [0.2, 0.25) is 0 Å². The lowest BCUT2D eigenvalue weighted by Gasteiger charge is -1.99. The summed E-state index contributed by atoms with van der Waals surface area (Å²) in [5, 5.41) is 10.6. The number of hydrogen-bond acceptors (Lipinski definition) is 2. The van der Waals surface area contributed by atoms with Crippen LogP contribution < -0.4 is 5.32 Å². The summed E-state index contributed by atoms with van der Waals surface area (Å²) in [6.07, 6.45) is 0.769. The Bertz CT molecular complexity index is 154. The Morgan fingerprint density at radius 1 is 1.78 bits per heavy atom. The number of amides is 1. The van der Waals surface area contributed by atoms with E-state index in [1.807, 2.05) is 0 Å². The highest BCUT2D eigenvalue weighted by atomic mass is 16.5. The summed E-state index contributed by atoms with van der Waals surface area (Å²) in [6.45, 7) is 0. The molecule has 0 spiro atoms. The fraction of sp³-hybridized carbons (Fsp3) is 0.600. The van der Waals surface area contributed by atoms with Gasteiger partial charge >= 0.3 is 5.97 Å². The monoisotopic (exact) mass is 134 g/mol. The zero-order valence-electron chi connectivity index (χ0n) is 4.76. The van der Waals surface area contributed by atoms with Crippen molar-refractivity contribution in [3.63, 3.8) is 0 Å². The van der Waals surface area contributed by atoms with Crippen LogP contribution in [0.25, 0.3) is 0 Å². The predicted octanol–water partition coefficient (Wildman–Crippen LogP) is -0.650. The Morgan fingerprint density at radius 2 is 2.44 bits per heavy atom. The molecule has 1 atom stereocenters. The van der Waals surface area contributed by atoms with Gasteiger partial charge in [-0.05, 0) is 6.42 Å². The van der Waals surface area contributed by atoms with Crippen LogP contribution in [-0.2, 0) is 9.59 Å². The molecule has 0 aliphatic carbocycles. The zero-order valence-corrected chi connectivity index (χ0v) is 4.76. The summed E-state index contributed by atoms with van der Waals surface area (Å²) < 4.78 is 0. The first kappa shape index (κ1) is 6.07. The lowest BCUT2D eigenvalue weighted by atomic mass is 11.2. The number of carbonyl (C=O) groups excluding carboxylic acids is 1. The number of hydrogen-bond donors (Lipinski definition) is 2. The lowest BCUT2D eigenvalue weighted by Crippen LogP contribution is -2.32. The van der Waals surface area contributed by atoms with E-state index >= 15 is 0 Å². The van der Waals surface area contributed by atoms with Gasteiger partial charge in [0.15, 0.2) is 0 Å². The van der Waals surface area contributed by atoms with Crippen LogP contribution in [0, 0.1) is 0 Å². The number of aliphatic carboxylic acids is 1. The van der Waals surface area contributed by atoms with Crippen molar-refractivity contribution in [2.45, 2.75) is 18.9 Å². The normalized spacial score (nSPS) is 25.8. The molecule has 2 N–H and O–H groups in total. The van der Waals surface area contributed by atoms with E-state index in [1.54, 1.807) is 0 Å². The van der Waals surface area contributed by atoms with E-state index in [0.717, 1.165) is 0 Å². The summed E-state index contributed by atoms with van der Waals surface area (Å²) in [6, 6.07) is -0.641. The molecule has 1 fully saturated rings. The number of carboxylic acid groups (broad SMARTS) is 1. The molecule has 0 aromatic carbocycles. The highest BCUT2D eigenvalue weighted by molar-refractivity contribution is 5.87. The van der Waals surface area contributed by atoms with Crippen LogP contribution in [-0.4, -0.2) is 23.0 Å². The van der Waals surface area contributed by atoms with Crippen molar-refractivity contribution >= 4 is 11.9 Å². The van der Waals surface area contributed by atoms with Gasteiger partial charge < -0.3 is 10.4 Å². The van der Waals surface area contributed by atoms with Crippen LogP contribution in [0.5, 0.6) is 0 Å². The molecule has 4 heteroatoms. The first-order chi connectivity index (χ1) is 4.20. The molecule has 1 saturated heterocycles. The molecule has 4 nitrogen and oxygen atoms in total. The van der Waals surface area contributed by atoms with E-state index in [0.29, 0.717) is 12.8 Å². The third kappa shape index (κ3) is 1.19. The summed E-state index contributed by atoms with van der Waals surface area (Å²) in [5.41, 5.74) is 0. The number of rotatable bonds is 1. The molecule has 1 aliphatic heterocycles. The van der Waals surface area contributed by atoms with E-state index < -0.39 is 12.0 Å². The van der Waals surface area contributed by atoms with Gasteiger partial charge in [0.1, 0.15) is 6.04 Å². The number of carboxylic acids is 1. The first-order valence-corrected chi connectivity index (χ1v) is 2.72. The van der Waals surface area contributed by atoms with E-state index in [1.165, 1.54) is 0 Å². The molecule has 1 rings (SSSR count). The van der Waals surface area contributed by atoms with Crippen LogP contribution in [0.1, 0.15) is 12.8 Å². The maximum atomic E-state index is 10.4. The highest BCUT2D eigenvalue weighted by Gasteiger charge is 2.26. The molecule has 9 heavy (non-hydrogen) atoms. The third-order valence-electron chi connectivity index (χ3n) is 1.29. The van der Waals surface area contributed by atoms with E-state index in [9.17, 15) is 9.59 Å². The van der Waals surface area contributed by atoms with Crippen molar-refractivity contribution in [3.8, 4) is 0 Å². The van der Waals surface area contributed by atoms with Gasteiger partial charge in [-0.1, -0.05) is 0 Å². The van der Waals surface area contributed by atoms with Crippen molar-refractivity contribution in [3.05, 3.63) is 0 Å². The highest BCUT2D eigenvalue weighted by Crippen LogP contribution is 2.05. The molecule has 1 aliphatic rings. The Kier molecular flexibility index (Phi) is 1.38. The summed E-state index contributed by atoms with van der Waals surface area (Å²) >= 11 is 0. The molecule has 50 valence electrons. The Balaban J connectivity index is 2.48. The Morgan fingerprint density at radius 3 is 2.67 bits per heavy atom. The molecule has 1 amide bonds. The van der Waals surface area contributed by atoms with E-state index in [4.69, 9.17) is 5.11 Å². The largest absolute Gasteiger partial charge is 0.480 e. The van der Waals surface area contributed by atoms with Crippen molar-refractivity contribution < 1.29 is 14.7 Å². The predicted molar refractivity (Wildman–Crippen MR) is 28.8 cm³/mol. The average molecular weight is 134 g/mol. The van der Waals surface area contributed by atoms with E-state index in [2.05, 4.69) is 5.32 Å². The molecule has 0 aromatic heterocycles. The average Bonchev–Trinajstić information content (AvgIpc) is 2.14. The number of nitrogens with one attached hydrogen (secondary N) is 1. The van der Waals surface area contributed by atoms with Crippen molar-refractivity contribution in [2.75, 3.05) is 0 Å². The molecule has 1 heterocycles. The van der Waals surface area contributed by atoms with Crippen LogP contribution >= 0.6 is 0 Å². The van der Waals surface area contributed by atoms with Crippen molar-refractivity contribution in [1.29, 1.82) is 0 Å². The smallest absolute Gasteiger partial charge is 0.326 e. The Hall–Kier alpha value is -1.06. The molecule has 0 bridgehead atoms. The second-order valence-electron chi connectivity index (χ2n) is 2.00. The molecule has 0 saturated carbocycles. The summed E-state index contributed by atoms with van der Waals surface area (Å²) in [5.74, 6) is -1.11. The topological polar surface area (TPSA) is 66.4 Å². The maximum absolute atomic E-state index is 10.4. The van der Waals surface area contributed by atoms with Crippen LogP contribution in [0.3, 0.4) is 0 Å². The minimum absolute atomic E-state index is 0.164. The minimum Gasteiger partial charge on any atom is -0.480 e. The fourth-order valence-corrected chi connectivity index (χ4v) is 0.799. The van der Waals surface area contributed by atoms with Gasteiger partial charge in [0.2, 0.25) is 5.91 Å². The second-order valence-corrected chi connectivity index (χ2v) is 2.00. The summed E-state index contributed by atoms with van der Waals surface area (Å²) in [7, 11) is 0. The maximum Gasteiger partial charge on any atom is 0.326 e. The van der Waals surface area contributed by atoms with Crippen molar-refractivity contribution in [1.82, 2.24) is 5.32 Å². The zero-order chi connectivity index (χ0) is 6.85. The van der Waals surface area contributed by atoms with Crippen molar-refractivity contribution in [2.24, 2.45) is 0 Å². The molecule has 0 radical (unpaired) electrons. The first-order valence-electron chi connectivity index (χ1n) is 2.72. The van der Waals surface area contributed by atoms with Gasteiger partial charge in [-0.2, -0.15) is 0 Å². The van der Waals surface area contributed by atoms with Gasteiger partial charge in [0, 0.05) is 6.42 Å². The lowest BCUT2D eigenvalue weighted by molar-refractivity contribution is -0.140. The molecule has 0 aromatic rings. The summed E-state index contributed by atoms with van der Waals surface area (Å²) in [4.78, 5) is 20.5. The molecular formula is C5H7NO3. The van der Waals surface area contributed by atoms with Gasteiger partial charge in [0.05, 0.1) is 0 Å². The standard InChI is InChI=1S/C5H7NO3/c7-4-2-1-3(6-4)5(8)9/h3H,1-2H2,(H,6,7)(H,8,9)/t3-/m0/s1/i1+1,2+1,3+1,4+1,5+1. The Labute approximate surface area is 51.9 Å². The minimum atomic E-state index is -0.944. The van der Waals surface area contributed by atoms with Gasteiger partial charge in [-0.3, -0.25) is 4.79 Å². The molecule has 0 unspecified atom stereocenters. The van der Waals surface area contributed by atoms with Crippen LogP contribution in [0.15, 0.2) is 0 Å². The second kappa shape index (κ2) is 2.05. The van der Waals surface area contributed by atoms with Gasteiger partial charge in [-0.15, -0.1) is 0 Å². The molecular weight excluding hydrogens is 127 g/mol. The number of carbonyl (C=O) groups is 2. The quantitative estimate of drug-likeness (QED) is 0.468. The van der Waals surface area contributed by atoms with Gasteiger partial charge in [0.25, 0.3) is 0 Å². The third-order valence-corrected chi connectivity index (χ3v) is 1.29. The van der Waals surface area contributed by atoms with Gasteiger partial charge in [-0.25, -0.2) is 4.79 Å². The SMILES string of the molecule is O=[13C]1[13CH2][13CH2][13C@@H]([13C](=O)O)N1. The fourth-order valence-electron chi connectivity index (χ4n) is 0.799. The van der Waals surface area contributed by atoms with Crippen LogP contribution in [0.4, 0.5) is 0 Å².